The maximum Gasteiger partial charge on any atom is 0.146 e. The van der Waals surface area contributed by atoms with Gasteiger partial charge in [-0.2, -0.15) is 5.10 Å². The van der Waals surface area contributed by atoms with Gasteiger partial charge in [0.05, 0.1) is 11.4 Å². The predicted octanol–water partition coefficient (Wildman–Crippen LogP) is 1.47. The Bertz CT molecular complexity index is 459. The molecule has 2 aromatic rings. The zero-order chi connectivity index (χ0) is 10.1. The van der Waals surface area contributed by atoms with E-state index in [1.165, 1.54) is 0 Å². The molecular formula is C10H12N4. The van der Waals surface area contributed by atoms with Crippen LogP contribution >= 0.6 is 0 Å². The highest BCUT2D eigenvalue weighted by Gasteiger charge is 2.06. The third-order valence-electron chi connectivity index (χ3n) is 2.11. The maximum absolute atomic E-state index is 5.61. The second-order valence-electron chi connectivity index (χ2n) is 3.23. The number of aromatic nitrogens is 3. The van der Waals surface area contributed by atoms with Crippen molar-refractivity contribution in [1.29, 1.82) is 0 Å². The van der Waals surface area contributed by atoms with Crippen molar-refractivity contribution in [3.05, 3.63) is 35.8 Å². The summed E-state index contributed by atoms with van der Waals surface area (Å²) in [6, 6.07) is 5.70. The van der Waals surface area contributed by atoms with Crippen molar-refractivity contribution in [3.63, 3.8) is 0 Å². The number of nitrogens with zero attached hydrogens (tertiary/aromatic N) is 3. The van der Waals surface area contributed by atoms with Gasteiger partial charge in [-0.05, 0) is 26.0 Å². The molecule has 0 saturated heterocycles. The molecule has 2 aromatic heterocycles. The number of hydrogen-bond acceptors (Lipinski definition) is 3. The lowest BCUT2D eigenvalue weighted by Gasteiger charge is -2.05. The van der Waals surface area contributed by atoms with Gasteiger partial charge in [0.1, 0.15) is 5.82 Å². The Morgan fingerprint density at radius 1 is 1.36 bits per heavy atom. The number of nitrogen functional groups attached to an aromatic ring is 1. The first-order chi connectivity index (χ1) is 6.68. The van der Waals surface area contributed by atoms with Crippen LogP contribution < -0.4 is 5.73 Å². The fourth-order valence-electron chi connectivity index (χ4n) is 1.44. The number of hydrogen-bond donors (Lipinski definition) is 1. The van der Waals surface area contributed by atoms with Gasteiger partial charge in [-0.3, -0.25) is 4.98 Å². The molecule has 2 rings (SSSR count). The smallest absolute Gasteiger partial charge is 0.146 e. The Balaban J connectivity index is 2.60. The quantitative estimate of drug-likeness (QED) is 0.737. The molecule has 0 spiro atoms. The van der Waals surface area contributed by atoms with Gasteiger partial charge < -0.3 is 5.73 Å². The normalized spacial score (nSPS) is 10.4. The van der Waals surface area contributed by atoms with Crippen LogP contribution in [0, 0.1) is 13.8 Å². The summed E-state index contributed by atoms with van der Waals surface area (Å²) in [5, 5.41) is 4.20. The molecule has 0 radical (unpaired) electrons. The lowest BCUT2D eigenvalue weighted by atomic mass is 10.3. The highest BCUT2D eigenvalue weighted by Crippen LogP contribution is 2.14. The zero-order valence-corrected chi connectivity index (χ0v) is 8.23. The number of pyridine rings is 1. The summed E-state index contributed by atoms with van der Waals surface area (Å²) in [5.74, 6) is 0.533. The molecule has 0 aromatic carbocycles. The van der Waals surface area contributed by atoms with Gasteiger partial charge in [0.2, 0.25) is 0 Å². The lowest BCUT2D eigenvalue weighted by Crippen LogP contribution is -2.02. The first-order valence-corrected chi connectivity index (χ1v) is 4.42. The first-order valence-electron chi connectivity index (χ1n) is 4.42. The molecule has 0 saturated carbocycles. The minimum atomic E-state index is 0.533. The van der Waals surface area contributed by atoms with Crippen LogP contribution in [0.3, 0.4) is 0 Å². The molecule has 4 nitrogen and oxygen atoms in total. The van der Waals surface area contributed by atoms with Crippen LogP contribution in [0.5, 0.6) is 0 Å². The Kier molecular flexibility index (Phi) is 1.96. The van der Waals surface area contributed by atoms with Crippen molar-refractivity contribution >= 4 is 5.82 Å². The van der Waals surface area contributed by atoms with E-state index in [0.717, 1.165) is 17.1 Å². The minimum Gasteiger partial charge on any atom is -0.382 e. The lowest BCUT2D eigenvalue weighted by molar-refractivity contribution is 0.835. The number of aryl methyl sites for hydroxylation is 2. The average molecular weight is 188 g/mol. The molecule has 14 heavy (non-hydrogen) atoms. The zero-order valence-electron chi connectivity index (χ0n) is 8.23. The highest BCUT2D eigenvalue weighted by atomic mass is 15.3. The molecule has 2 heterocycles. The molecule has 0 unspecified atom stereocenters. The van der Waals surface area contributed by atoms with Gasteiger partial charge in [-0.25, -0.2) is 4.68 Å². The molecule has 72 valence electrons. The Labute approximate surface area is 82.4 Å². The highest BCUT2D eigenvalue weighted by molar-refractivity contribution is 5.40. The van der Waals surface area contributed by atoms with Crippen LogP contribution in [-0.2, 0) is 0 Å². The largest absolute Gasteiger partial charge is 0.382 e. The van der Waals surface area contributed by atoms with Gasteiger partial charge in [0.25, 0.3) is 0 Å². The van der Waals surface area contributed by atoms with Gasteiger partial charge >= 0.3 is 0 Å². The topological polar surface area (TPSA) is 56.7 Å². The summed E-state index contributed by atoms with van der Waals surface area (Å²) in [6.45, 7) is 3.92. The molecule has 0 atom stereocenters. The van der Waals surface area contributed by atoms with Gasteiger partial charge in [-0.1, -0.05) is 0 Å². The van der Waals surface area contributed by atoms with Crippen molar-refractivity contribution < 1.29 is 0 Å². The van der Waals surface area contributed by atoms with Crippen molar-refractivity contribution in [2.45, 2.75) is 13.8 Å². The predicted molar refractivity (Wildman–Crippen MR) is 55.2 cm³/mol. The number of nitrogens with two attached hydrogens (primary N) is 1. The van der Waals surface area contributed by atoms with Crippen LogP contribution in [0.2, 0.25) is 0 Å². The Morgan fingerprint density at radius 3 is 2.71 bits per heavy atom. The summed E-state index contributed by atoms with van der Waals surface area (Å²) in [5.41, 5.74) is 8.54. The van der Waals surface area contributed by atoms with E-state index in [4.69, 9.17) is 5.73 Å². The molecule has 2 N–H and O–H groups in total. The molecule has 0 bridgehead atoms. The van der Waals surface area contributed by atoms with Crippen LogP contribution in [0.15, 0.2) is 24.4 Å². The van der Waals surface area contributed by atoms with Crippen molar-refractivity contribution in [2.24, 2.45) is 0 Å². The van der Waals surface area contributed by atoms with Crippen LogP contribution in [0.1, 0.15) is 11.4 Å². The number of rotatable bonds is 1. The third kappa shape index (κ3) is 1.35. The minimum absolute atomic E-state index is 0.533. The van der Waals surface area contributed by atoms with Gasteiger partial charge in [0, 0.05) is 18.0 Å². The molecule has 0 amide bonds. The summed E-state index contributed by atoms with van der Waals surface area (Å²) < 4.78 is 1.80. The van der Waals surface area contributed by atoms with E-state index in [0.29, 0.717) is 5.82 Å². The molecule has 0 aliphatic carbocycles. The molecule has 0 aliphatic heterocycles. The summed E-state index contributed by atoms with van der Waals surface area (Å²) in [7, 11) is 0. The summed E-state index contributed by atoms with van der Waals surface area (Å²) in [4.78, 5) is 4.20. The van der Waals surface area contributed by atoms with Crippen molar-refractivity contribution in [1.82, 2.24) is 14.8 Å². The van der Waals surface area contributed by atoms with E-state index in [-0.39, 0.29) is 0 Å². The van der Waals surface area contributed by atoms with Crippen LogP contribution in [0.4, 0.5) is 5.82 Å². The fraction of sp³-hybridized carbons (Fsp3) is 0.200. The first kappa shape index (κ1) is 8.74. The second-order valence-corrected chi connectivity index (χ2v) is 3.23. The third-order valence-corrected chi connectivity index (χ3v) is 2.11. The standard InChI is InChI=1S/C10H12N4/c1-7-6-10(11)13-14(7)9-4-3-5-12-8(9)2/h3-6H,1-2H3,(H2,11,13). The average Bonchev–Trinajstić information content (AvgIpc) is 2.46. The van der Waals surface area contributed by atoms with Crippen molar-refractivity contribution in [2.75, 3.05) is 5.73 Å². The van der Waals surface area contributed by atoms with E-state index < -0.39 is 0 Å². The fourth-order valence-corrected chi connectivity index (χ4v) is 1.44. The monoisotopic (exact) mass is 188 g/mol. The van der Waals surface area contributed by atoms with Crippen LogP contribution in [0.25, 0.3) is 5.69 Å². The van der Waals surface area contributed by atoms with E-state index in [9.17, 15) is 0 Å². The van der Waals surface area contributed by atoms with Crippen LogP contribution in [-0.4, -0.2) is 14.8 Å². The molecule has 4 heteroatoms. The Morgan fingerprint density at radius 2 is 2.14 bits per heavy atom. The van der Waals surface area contributed by atoms with Gasteiger partial charge in [-0.15, -0.1) is 0 Å². The molecular weight excluding hydrogens is 176 g/mol. The molecule has 0 aliphatic rings. The second kappa shape index (κ2) is 3.14. The summed E-state index contributed by atoms with van der Waals surface area (Å²) in [6.07, 6.45) is 1.76. The SMILES string of the molecule is Cc1ncccc1-n1nc(N)cc1C. The molecule has 0 fully saturated rings. The summed E-state index contributed by atoms with van der Waals surface area (Å²) >= 11 is 0. The van der Waals surface area contributed by atoms with Gasteiger partial charge in [0.15, 0.2) is 0 Å². The van der Waals surface area contributed by atoms with E-state index >= 15 is 0 Å². The van der Waals surface area contributed by atoms with E-state index in [2.05, 4.69) is 10.1 Å². The van der Waals surface area contributed by atoms with E-state index in [1.54, 1.807) is 10.9 Å². The van der Waals surface area contributed by atoms with Crippen molar-refractivity contribution in [3.8, 4) is 5.69 Å². The van der Waals surface area contributed by atoms with E-state index in [1.807, 2.05) is 32.0 Å². The number of anilines is 1. The maximum atomic E-state index is 5.61. The Hall–Kier alpha value is -1.84.